The maximum Gasteiger partial charge on any atom is 0.0642 e. The molecule has 0 fully saturated rings. The number of aliphatic hydroxyl groups is 1. The lowest BCUT2D eigenvalue weighted by Crippen LogP contribution is -2.31. The Balaban J connectivity index is 3.73. The highest BCUT2D eigenvalue weighted by Crippen LogP contribution is 2.23. The highest BCUT2D eigenvalue weighted by molar-refractivity contribution is 4.76. The molecule has 0 aromatic heterocycles. The van der Waals surface area contributed by atoms with E-state index in [2.05, 4.69) is 27.7 Å². The zero-order valence-electron chi connectivity index (χ0n) is 8.52. The minimum absolute atomic E-state index is 0.362. The van der Waals surface area contributed by atoms with E-state index >= 15 is 0 Å². The molecule has 0 heterocycles. The van der Waals surface area contributed by atoms with Gasteiger partial charge in [-0.05, 0) is 31.6 Å². The molecule has 1 atom stereocenters. The van der Waals surface area contributed by atoms with E-state index in [0.29, 0.717) is 11.8 Å². The van der Waals surface area contributed by atoms with Gasteiger partial charge >= 0.3 is 0 Å². The van der Waals surface area contributed by atoms with Crippen molar-refractivity contribution in [3.05, 3.63) is 0 Å². The highest BCUT2D eigenvalue weighted by atomic mass is 16.3. The molecule has 0 aliphatic heterocycles. The van der Waals surface area contributed by atoms with Crippen LogP contribution in [0.15, 0.2) is 0 Å². The molecule has 0 spiro atoms. The third kappa shape index (κ3) is 4.41. The first-order valence-electron chi connectivity index (χ1n) is 4.58. The lowest BCUT2D eigenvalue weighted by Gasteiger charge is -2.28. The maximum absolute atomic E-state index is 9.84. The largest absolute Gasteiger partial charge is 0.390 e. The first kappa shape index (κ1) is 11.0. The van der Waals surface area contributed by atoms with Gasteiger partial charge in [0, 0.05) is 0 Å². The first-order valence-corrected chi connectivity index (χ1v) is 4.58. The molecular weight excluding hydrogens is 136 g/mol. The van der Waals surface area contributed by atoms with Crippen LogP contribution >= 0.6 is 0 Å². The molecule has 0 aromatic carbocycles. The average Bonchev–Trinajstić information content (AvgIpc) is 1.84. The molecule has 1 N–H and O–H groups in total. The Morgan fingerprint density at radius 3 is 1.91 bits per heavy atom. The van der Waals surface area contributed by atoms with E-state index in [9.17, 15) is 5.11 Å². The average molecular weight is 158 g/mol. The predicted octanol–water partition coefficient (Wildman–Crippen LogP) is 2.83. The second-order valence-corrected chi connectivity index (χ2v) is 4.44. The molecule has 1 heteroatoms. The third-order valence-corrected chi connectivity index (χ3v) is 2.47. The predicted molar refractivity (Wildman–Crippen MR) is 49.5 cm³/mol. The summed E-state index contributed by atoms with van der Waals surface area (Å²) in [5.41, 5.74) is -0.468. The standard InChI is InChI=1S/C10H22O/c1-8(2)6-7-10(5,11)9(3)4/h8-9,11H,6-7H2,1-5H3/t10-/m0/s1. The van der Waals surface area contributed by atoms with Crippen molar-refractivity contribution in [2.24, 2.45) is 11.8 Å². The van der Waals surface area contributed by atoms with Crippen LogP contribution in [-0.2, 0) is 0 Å². The Hall–Kier alpha value is -0.0400. The fraction of sp³-hybridized carbons (Fsp3) is 1.00. The van der Waals surface area contributed by atoms with Crippen molar-refractivity contribution in [2.45, 2.75) is 53.1 Å². The lowest BCUT2D eigenvalue weighted by atomic mass is 9.86. The molecule has 0 saturated carbocycles. The van der Waals surface area contributed by atoms with E-state index in [-0.39, 0.29) is 0 Å². The Bertz CT molecular complexity index is 103. The molecule has 0 aliphatic carbocycles. The summed E-state index contributed by atoms with van der Waals surface area (Å²) in [6.07, 6.45) is 2.04. The van der Waals surface area contributed by atoms with E-state index < -0.39 is 5.60 Å². The van der Waals surface area contributed by atoms with Crippen LogP contribution in [0, 0.1) is 11.8 Å². The monoisotopic (exact) mass is 158 g/mol. The van der Waals surface area contributed by atoms with Crippen LogP contribution in [-0.4, -0.2) is 10.7 Å². The van der Waals surface area contributed by atoms with E-state index in [0.717, 1.165) is 12.8 Å². The fourth-order valence-electron chi connectivity index (χ4n) is 0.870. The van der Waals surface area contributed by atoms with Crippen LogP contribution in [0.4, 0.5) is 0 Å². The molecule has 0 bridgehead atoms. The van der Waals surface area contributed by atoms with Crippen LogP contribution in [0.5, 0.6) is 0 Å². The van der Waals surface area contributed by atoms with Crippen LogP contribution in [0.25, 0.3) is 0 Å². The summed E-state index contributed by atoms with van der Waals surface area (Å²) in [6, 6.07) is 0. The summed E-state index contributed by atoms with van der Waals surface area (Å²) < 4.78 is 0. The minimum atomic E-state index is -0.468. The lowest BCUT2D eigenvalue weighted by molar-refractivity contribution is 0.000867. The quantitative estimate of drug-likeness (QED) is 0.667. The molecule has 0 aromatic rings. The Morgan fingerprint density at radius 1 is 1.18 bits per heavy atom. The summed E-state index contributed by atoms with van der Waals surface area (Å²) >= 11 is 0. The highest BCUT2D eigenvalue weighted by Gasteiger charge is 2.24. The normalized spacial score (nSPS) is 17.5. The molecule has 0 rings (SSSR count). The van der Waals surface area contributed by atoms with Crippen molar-refractivity contribution in [3.63, 3.8) is 0 Å². The SMILES string of the molecule is CC(C)CC[C@](C)(O)C(C)C. The van der Waals surface area contributed by atoms with E-state index in [1.54, 1.807) is 0 Å². The molecule has 0 amide bonds. The van der Waals surface area contributed by atoms with Gasteiger partial charge in [0.05, 0.1) is 5.60 Å². The summed E-state index contributed by atoms with van der Waals surface area (Å²) in [4.78, 5) is 0. The van der Waals surface area contributed by atoms with Crippen molar-refractivity contribution in [1.82, 2.24) is 0 Å². The topological polar surface area (TPSA) is 20.2 Å². The van der Waals surface area contributed by atoms with E-state index in [1.165, 1.54) is 0 Å². The van der Waals surface area contributed by atoms with Gasteiger partial charge in [0.25, 0.3) is 0 Å². The molecule has 0 aliphatic rings. The molecule has 68 valence electrons. The fourth-order valence-corrected chi connectivity index (χ4v) is 0.870. The summed E-state index contributed by atoms with van der Waals surface area (Å²) in [6.45, 7) is 10.5. The van der Waals surface area contributed by atoms with Gasteiger partial charge in [0.2, 0.25) is 0 Å². The van der Waals surface area contributed by atoms with Crippen LogP contribution < -0.4 is 0 Å². The van der Waals surface area contributed by atoms with Crippen LogP contribution in [0.3, 0.4) is 0 Å². The van der Waals surface area contributed by atoms with Crippen molar-refractivity contribution < 1.29 is 5.11 Å². The van der Waals surface area contributed by atoms with Crippen molar-refractivity contribution >= 4 is 0 Å². The minimum Gasteiger partial charge on any atom is -0.390 e. The Kier molecular flexibility index (Phi) is 4.09. The van der Waals surface area contributed by atoms with Crippen molar-refractivity contribution in [2.75, 3.05) is 0 Å². The second-order valence-electron chi connectivity index (χ2n) is 4.44. The number of rotatable bonds is 4. The van der Waals surface area contributed by atoms with Gasteiger partial charge in [-0.15, -0.1) is 0 Å². The molecule has 0 saturated heterocycles. The van der Waals surface area contributed by atoms with Crippen molar-refractivity contribution in [3.8, 4) is 0 Å². The van der Waals surface area contributed by atoms with E-state index in [1.807, 2.05) is 6.92 Å². The van der Waals surface area contributed by atoms with Crippen LogP contribution in [0.1, 0.15) is 47.5 Å². The van der Waals surface area contributed by atoms with Crippen molar-refractivity contribution in [1.29, 1.82) is 0 Å². The van der Waals surface area contributed by atoms with Gasteiger partial charge in [-0.25, -0.2) is 0 Å². The second kappa shape index (κ2) is 4.10. The molecule has 1 nitrogen and oxygen atoms in total. The zero-order chi connectivity index (χ0) is 9.07. The molecule has 0 radical (unpaired) electrons. The molecule has 0 unspecified atom stereocenters. The smallest absolute Gasteiger partial charge is 0.0642 e. The van der Waals surface area contributed by atoms with Gasteiger partial charge in [-0.2, -0.15) is 0 Å². The van der Waals surface area contributed by atoms with Gasteiger partial charge in [0.1, 0.15) is 0 Å². The molecular formula is C10H22O. The Morgan fingerprint density at radius 2 is 1.64 bits per heavy atom. The first-order chi connectivity index (χ1) is 4.86. The third-order valence-electron chi connectivity index (χ3n) is 2.47. The number of hydrogen-bond acceptors (Lipinski definition) is 1. The number of hydrogen-bond donors (Lipinski definition) is 1. The summed E-state index contributed by atoms with van der Waals surface area (Å²) in [5.74, 6) is 1.06. The van der Waals surface area contributed by atoms with Gasteiger partial charge in [-0.3, -0.25) is 0 Å². The van der Waals surface area contributed by atoms with Gasteiger partial charge in [-0.1, -0.05) is 27.7 Å². The molecule has 11 heavy (non-hydrogen) atoms. The van der Waals surface area contributed by atoms with E-state index in [4.69, 9.17) is 0 Å². The zero-order valence-corrected chi connectivity index (χ0v) is 8.52. The van der Waals surface area contributed by atoms with Gasteiger partial charge in [0.15, 0.2) is 0 Å². The maximum atomic E-state index is 9.84. The Labute approximate surface area is 70.8 Å². The summed E-state index contributed by atoms with van der Waals surface area (Å²) in [5, 5.41) is 9.84. The van der Waals surface area contributed by atoms with Crippen LogP contribution in [0.2, 0.25) is 0 Å². The summed E-state index contributed by atoms with van der Waals surface area (Å²) in [7, 11) is 0. The van der Waals surface area contributed by atoms with Gasteiger partial charge < -0.3 is 5.11 Å².